The van der Waals surface area contributed by atoms with Gasteiger partial charge in [0, 0.05) is 6.42 Å². The lowest BCUT2D eigenvalue weighted by atomic mass is 9.82. The number of rotatable bonds is 10. The topological polar surface area (TPSA) is 91.0 Å². The summed E-state index contributed by atoms with van der Waals surface area (Å²) < 4.78 is 5.39. The van der Waals surface area contributed by atoms with Crippen LogP contribution in [0.4, 0.5) is 0 Å². The number of carbonyl (C=O) groups is 2. The first kappa shape index (κ1) is 22.5. The van der Waals surface area contributed by atoms with Gasteiger partial charge in [-0.2, -0.15) is 0 Å². The van der Waals surface area contributed by atoms with Crippen molar-refractivity contribution in [2.24, 2.45) is 11.8 Å². The van der Waals surface area contributed by atoms with Crippen LogP contribution in [0.3, 0.4) is 0 Å². The molecule has 1 fully saturated rings. The number of aryl methyl sites for hydroxylation is 1. The van der Waals surface area contributed by atoms with E-state index in [0.29, 0.717) is 36.9 Å². The van der Waals surface area contributed by atoms with Gasteiger partial charge in [0.15, 0.2) is 0 Å². The summed E-state index contributed by atoms with van der Waals surface area (Å²) in [5.41, 5.74) is 2.67. The minimum Gasteiger partial charge on any atom is -0.393 e. The predicted octanol–water partition coefficient (Wildman–Crippen LogP) is 2.15. The van der Waals surface area contributed by atoms with Crippen LogP contribution in [0.25, 0.3) is 0 Å². The van der Waals surface area contributed by atoms with Crippen LogP contribution in [0.5, 0.6) is 0 Å². The molecular formula is C24H34N2O4. The molecule has 0 spiro atoms. The Bertz CT molecular complexity index is 785. The number of amides is 2. The van der Waals surface area contributed by atoms with Crippen LogP contribution in [0.1, 0.15) is 44.2 Å². The molecule has 0 aromatic heterocycles. The second kappa shape index (κ2) is 9.75. The summed E-state index contributed by atoms with van der Waals surface area (Å²) in [5, 5.41) is 15.3. The van der Waals surface area contributed by atoms with Crippen molar-refractivity contribution >= 4 is 11.8 Å². The normalized spacial score (nSPS) is 23.4. The fraction of sp³-hybridized carbons (Fsp3) is 0.583. The minimum atomic E-state index is -0.729. The number of hydrogen-bond acceptors (Lipinski definition) is 4. The van der Waals surface area contributed by atoms with Gasteiger partial charge < -0.3 is 20.5 Å². The molecular weight excluding hydrogens is 380 g/mol. The maximum absolute atomic E-state index is 12.5. The molecule has 0 bridgehead atoms. The van der Waals surface area contributed by atoms with Gasteiger partial charge in [0.05, 0.1) is 25.8 Å². The lowest BCUT2D eigenvalue weighted by Gasteiger charge is -2.26. The molecule has 3 unspecified atom stereocenters. The average Bonchev–Trinajstić information content (AvgIpc) is 3.52. The fourth-order valence-electron chi connectivity index (χ4n) is 4.25. The summed E-state index contributed by atoms with van der Waals surface area (Å²) in [6.45, 7) is 8.43. The summed E-state index contributed by atoms with van der Waals surface area (Å²) in [4.78, 5) is 24.8. The molecule has 1 aliphatic carbocycles. The van der Waals surface area contributed by atoms with Crippen molar-refractivity contribution in [1.29, 1.82) is 0 Å². The van der Waals surface area contributed by atoms with Gasteiger partial charge in [0.2, 0.25) is 11.8 Å². The predicted molar refractivity (Wildman–Crippen MR) is 116 cm³/mol. The number of carbonyl (C=O) groups excluding carboxylic acids is 2. The number of ether oxygens (including phenoxy) is 1. The van der Waals surface area contributed by atoms with E-state index in [4.69, 9.17) is 4.74 Å². The van der Waals surface area contributed by atoms with Crippen molar-refractivity contribution in [1.82, 2.24) is 10.6 Å². The first-order valence-electron chi connectivity index (χ1n) is 10.9. The molecule has 1 aromatic rings. The smallest absolute Gasteiger partial charge is 0.239 e. The van der Waals surface area contributed by atoms with Crippen molar-refractivity contribution in [3.8, 4) is 0 Å². The summed E-state index contributed by atoms with van der Waals surface area (Å²) >= 11 is 0. The van der Waals surface area contributed by atoms with E-state index in [-0.39, 0.29) is 31.0 Å². The monoisotopic (exact) mass is 414 g/mol. The van der Waals surface area contributed by atoms with Crippen molar-refractivity contribution in [3.63, 3.8) is 0 Å². The maximum atomic E-state index is 12.5. The number of nitrogens with one attached hydrogen (secondary N) is 2. The van der Waals surface area contributed by atoms with Crippen molar-refractivity contribution in [2.75, 3.05) is 19.8 Å². The number of benzene rings is 1. The molecule has 2 aliphatic rings. The van der Waals surface area contributed by atoms with Gasteiger partial charge in [-0.3, -0.25) is 9.59 Å². The zero-order valence-electron chi connectivity index (χ0n) is 18.1. The van der Waals surface area contributed by atoms with Crippen LogP contribution in [-0.2, 0) is 27.2 Å². The number of hydrogen-bond donors (Lipinski definition) is 3. The number of fused-ring (bicyclic) bond motifs is 1. The molecule has 1 aliphatic heterocycles. The van der Waals surface area contributed by atoms with Gasteiger partial charge in [0.25, 0.3) is 0 Å². The molecule has 3 N–H and O–H groups in total. The maximum Gasteiger partial charge on any atom is 0.239 e. The van der Waals surface area contributed by atoms with Crippen molar-refractivity contribution < 1.29 is 19.4 Å². The van der Waals surface area contributed by atoms with E-state index in [2.05, 4.69) is 49.3 Å². The van der Waals surface area contributed by atoms with E-state index in [1.54, 1.807) is 0 Å². The summed E-state index contributed by atoms with van der Waals surface area (Å²) in [5.74, 6) is 0.308. The molecule has 0 saturated carbocycles. The number of aliphatic hydroxyl groups is 1. The van der Waals surface area contributed by atoms with E-state index in [0.717, 1.165) is 19.3 Å². The van der Waals surface area contributed by atoms with Gasteiger partial charge in [-0.05, 0) is 54.2 Å². The van der Waals surface area contributed by atoms with Gasteiger partial charge in [-0.15, -0.1) is 0 Å². The minimum absolute atomic E-state index is 0.0585. The molecule has 3 rings (SSSR count). The van der Waals surface area contributed by atoms with E-state index in [1.165, 1.54) is 11.1 Å². The van der Waals surface area contributed by atoms with Crippen LogP contribution < -0.4 is 10.6 Å². The van der Waals surface area contributed by atoms with E-state index >= 15 is 0 Å². The molecule has 6 heteroatoms. The number of epoxide rings is 1. The lowest BCUT2D eigenvalue weighted by Crippen LogP contribution is -2.46. The Balaban J connectivity index is 1.45. The Morgan fingerprint density at radius 1 is 1.27 bits per heavy atom. The highest BCUT2D eigenvalue weighted by atomic mass is 16.6. The highest BCUT2D eigenvalue weighted by Crippen LogP contribution is 2.36. The second-order valence-electron chi connectivity index (χ2n) is 9.07. The third kappa shape index (κ3) is 5.70. The number of aliphatic hydroxyl groups excluding tert-OH is 1. The molecule has 1 heterocycles. The van der Waals surface area contributed by atoms with Crippen LogP contribution >= 0.6 is 0 Å². The van der Waals surface area contributed by atoms with Gasteiger partial charge in [-0.25, -0.2) is 0 Å². The van der Waals surface area contributed by atoms with E-state index < -0.39 is 5.60 Å². The zero-order valence-corrected chi connectivity index (χ0v) is 18.1. The third-order valence-corrected chi connectivity index (χ3v) is 6.17. The third-order valence-electron chi connectivity index (χ3n) is 6.17. The van der Waals surface area contributed by atoms with Gasteiger partial charge >= 0.3 is 0 Å². The fourth-order valence-corrected chi connectivity index (χ4v) is 4.25. The summed E-state index contributed by atoms with van der Waals surface area (Å²) in [6.07, 6.45) is 4.05. The second-order valence-corrected chi connectivity index (χ2v) is 9.07. The quantitative estimate of drug-likeness (QED) is 0.404. The molecule has 3 atom stereocenters. The van der Waals surface area contributed by atoms with E-state index in [1.807, 2.05) is 6.07 Å². The largest absolute Gasteiger partial charge is 0.393 e. The molecule has 2 amide bonds. The Kier molecular flexibility index (Phi) is 7.32. The zero-order chi connectivity index (χ0) is 21.7. The van der Waals surface area contributed by atoms with Crippen LogP contribution in [0.2, 0.25) is 0 Å². The average molecular weight is 415 g/mol. The van der Waals surface area contributed by atoms with Crippen molar-refractivity contribution in [3.05, 3.63) is 47.5 Å². The first-order chi connectivity index (χ1) is 14.3. The van der Waals surface area contributed by atoms with Crippen LogP contribution in [0, 0.1) is 11.8 Å². The van der Waals surface area contributed by atoms with E-state index in [9.17, 15) is 14.7 Å². The van der Waals surface area contributed by atoms with Gasteiger partial charge in [0.1, 0.15) is 5.60 Å². The molecule has 30 heavy (non-hydrogen) atoms. The Hall–Kier alpha value is -2.18. The first-order valence-corrected chi connectivity index (χ1v) is 10.9. The Morgan fingerprint density at radius 2 is 1.97 bits per heavy atom. The lowest BCUT2D eigenvalue weighted by molar-refractivity contribution is -0.127. The highest BCUT2D eigenvalue weighted by Gasteiger charge is 2.49. The van der Waals surface area contributed by atoms with Crippen molar-refractivity contribution in [2.45, 2.75) is 57.6 Å². The highest BCUT2D eigenvalue weighted by molar-refractivity contribution is 5.85. The molecule has 1 saturated heterocycles. The standard InChI is InChI=1S/C24H34N2O4/c1-16(2)10-21(17(3)24(14-27)15-30-24)26-23(29)13-25-22(28)12-18-8-9-19-6-4-5-7-20(19)11-18/h4-7,16,18,21,27H,3,8-15H2,1-2H3,(H,25,28)(H,26,29). The molecule has 1 aromatic carbocycles. The Labute approximate surface area is 179 Å². The summed E-state index contributed by atoms with van der Waals surface area (Å²) in [7, 11) is 0. The summed E-state index contributed by atoms with van der Waals surface area (Å²) in [6, 6.07) is 8.10. The molecule has 6 nitrogen and oxygen atoms in total. The SMILES string of the molecule is C=C(C(CC(C)C)NC(=O)CNC(=O)CC1CCc2ccccc2C1)C1(CO)CO1. The molecule has 164 valence electrons. The van der Waals surface area contributed by atoms with Crippen LogP contribution in [0.15, 0.2) is 36.4 Å². The van der Waals surface area contributed by atoms with Gasteiger partial charge in [-0.1, -0.05) is 44.7 Å². The molecule has 0 radical (unpaired) electrons. The Morgan fingerprint density at radius 3 is 2.60 bits per heavy atom. The van der Waals surface area contributed by atoms with Crippen LogP contribution in [-0.4, -0.2) is 48.3 Å².